The summed E-state index contributed by atoms with van der Waals surface area (Å²) >= 11 is 0. The summed E-state index contributed by atoms with van der Waals surface area (Å²) in [6.45, 7) is 0.499. The number of hydrogen-bond donors (Lipinski definition) is 3. The van der Waals surface area contributed by atoms with Gasteiger partial charge in [-0.3, -0.25) is 14.9 Å². The van der Waals surface area contributed by atoms with E-state index >= 15 is 0 Å². The Bertz CT molecular complexity index is 978. The van der Waals surface area contributed by atoms with E-state index in [2.05, 4.69) is 5.32 Å². The minimum Gasteiger partial charge on any atom is -0.454 e. The Labute approximate surface area is 192 Å². The first kappa shape index (κ1) is 23.0. The van der Waals surface area contributed by atoms with Crippen LogP contribution in [0.1, 0.15) is 49.3 Å². The normalized spacial score (nSPS) is 17.4. The zero-order valence-electron chi connectivity index (χ0n) is 18.5. The molecular weight excluding hydrogens is 426 g/mol. The zero-order chi connectivity index (χ0) is 23.2. The van der Waals surface area contributed by atoms with Crippen molar-refractivity contribution in [2.24, 2.45) is 0 Å². The molecule has 1 amide bonds. The van der Waals surface area contributed by atoms with Crippen LogP contribution >= 0.6 is 0 Å². The molecule has 0 aromatic heterocycles. The lowest BCUT2D eigenvalue weighted by Gasteiger charge is -2.30. The topological polar surface area (TPSA) is 115 Å². The standard InChI is InChI=1S/C24H29N3O6/c28-12-11-26(15-17-7-3-1-4-8-17)23(24(29)25-18-9-5-2-6-10-18)19-13-21-22(33-16-32-21)14-20(19)27(30)31/h1,3-4,7-8,13-14,18,23,28H,2,5-6,9-12,15-16H2,(H,25,29)/p+1. The number of aliphatic hydroxyl groups is 1. The largest absolute Gasteiger partial charge is 0.454 e. The van der Waals surface area contributed by atoms with Crippen molar-refractivity contribution < 1.29 is 29.2 Å². The first-order valence-corrected chi connectivity index (χ1v) is 11.4. The van der Waals surface area contributed by atoms with Gasteiger partial charge in [-0.05, 0) is 12.8 Å². The van der Waals surface area contributed by atoms with Gasteiger partial charge < -0.3 is 24.8 Å². The number of nitro groups is 1. The molecule has 2 aromatic rings. The van der Waals surface area contributed by atoms with Crippen LogP contribution < -0.4 is 19.7 Å². The molecule has 9 heteroatoms. The minimum absolute atomic E-state index is 0.0217. The van der Waals surface area contributed by atoms with E-state index in [4.69, 9.17) is 9.47 Å². The maximum atomic E-state index is 13.7. The fourth-order valence-corrected chi connectivity index (χ4v) is 4.75. The van der Waals surface area contributed by atoms with E-state index in [9.17, 15) is 20.0 Å². The lowest BCUT2D eigenvalue weighted by atomic mass is 9.94. The average molecular weight is 457 g/mol. The highest BCUT2D eigenvalue weighted by molar-refractivity contribution is 5.84. The molecule has 0 radical (unpaired) electrons. The van der Waals surface area contributed by atoms with Crippen molar-refractivity contribution in [3.63, 3.8) is 0 Å². The molecule has 1 saturated carbocycles. The number of nitro benzene ring substituents is 1. The van der Waals surface area contributed by atoms with E-state index in [-0.39, 0.29) is 43.1 Å². The number of rotatable bonds is 9. The van der Waals surface area contributed by atoms with Crippen molar-refractivity contribution in [2.75, 3.05) is 19.9 Å². The Morgan fingerprint density at radius 3 is 2.52 bits per heavy atom. The van der Waals surface area contributed by atoms with Crippen LogP contribution in [0.5, 0.6) is 11.5 Å². The predicted molar refractivity (Wildman–Crippen MR) is 120 cm³/mol. The quantitative estimate of drug-likeness (QED) is 0.392. The molecule has 1 heterocycles. The Hall–Kier alpha value is -3.17. The lowest BCUT2D eigenvalue weighted by molar-refractivity contribution is -0.936. The molecule has 1 aliphatic carbocycles. The average Bonchev–Trinajstić information content (AvgIpc) is 3.28. The summed E-state index contributed by atoms with van der Waals surface area (Å²) in [6.07, 6.45) is 5.05. The first-order valence-electron chi connectivity index (χ1n) is 11.4. The summed E-state index contributed by atoms with van der Waals surface area (Å²) in [6, 6.07) is 11.7. The zero-order valence-corrected chi connectivity index (χ0v) is 18.5. The van der Waals surface area contributed by atoms with E-state index in [1.54, 1.807) is 6.07 Å². The number of nitrogens with zero attached hydrogens (tertiary/aromatic N) is 1. The predicted octanol–water partition coefficient (Wildman–Crippen LogP) is 1.89. The van der Waals surface area contributed by atoms with Gasteiger partial charge in [0.2, 0.25) is 6.79 Å². The number of amides is 1. The van der Waals surface area contributed by atoms with E-state index in [0.717, 1.165) is 42.6 Å². The smallest absolute Gasteiger partial charge is 0.283 e. The third-order valence-electron chi connectivity index (χ3n) is 6.36. The number of fused-ring (bicyclic) bond motifs is 1. The van der Waals surface area contributed by atoms with Crippen molar-refractivity contribution >= 4 is 11.6 Å². The molecule has 33 heavy (non-hydrogen) atoms. The van der Waals surface area contributed by atoms with Gasteiger partial charge in [0.1, 0.15) is 18.7 Å². The highest BCUT2D eigenvalue weighted by atomic mass is 16.7. The summed E-state index contributed by atoms with van der Waals surface area (Å²) < 4.78 is 10.8. The molecule has 2 unspecified atom stereocenters. The number of aliphatic hydroxyl groups excluding tert-OH is 1. The molecule has 0 spiro atoms. The van der Waals surface area contributed by atoms with Crippen molar-refractivity contribution in [3.8, 4) is 11.5 Å². The molecule has 2 atom stereocenters. The van der Waals surface area contributed by atoms with Crippen LogP contribution in [0.15, 0.2) is 42.5 Å². The lowest BCUT2D eigenvalue weighted by Crippen LogP contribution is -3.12. The molecule has 4 rings (SSSR count). The highest BCUT2D eigenvalue weighted by Gasteiger charge is 2.39. The van der Waals surface area contributed by atoms with Gasteiger partial charge in [0.05, 0.1) is 17.6 Å². The summed E-state index contributed by atoms with van der Waals surface area (Å²) in [5.74, 6) is 0.404. The van der Waals surface area contributed by atoms with Gasteiger partial charge in [-0.25, -0.2) is 0 Å². The molecule has 0 saturated heterocycles. The summed E-state index contributed by atoms with van der Waals surface area (Å²) in [7, 11) is 0. The van der Waals surface area contributed by atoms with Crippen LogP contribution in [-0.2, 0) is 11.3 Å². The molecule has 0 bridgehead atoms. The van der Waals surface area contributed by atoms with E-state index in [0.29, 0.717) is 18.0 Å². The molecule has 3 N–H and O–H groups in total. The van der Waals surface area contributed by atoms with Crippen LogP contribution in [0.4, 0.5) is 5.69 Å². The maximum absolute atomic E-state index is 13.7. The van der Waals surface area contributed by atoms with Gasteiger partial charge in [0, 0.05) is 17.7 Å². The first-order chi connectivity index (χ1) is 16.1. The van der Waals surface area contributed by atoms with Gasteiger partial charge >= 0.3 is 0 Å². The SMILES string of the molecule is O=C(NC1CCCCC1)C(c1cc2c(cc1[N+](=O)[O-])OCO2)[NH+](CCO)Cc1ccccc1. The van der Waals surface area contributed by atoms with Gasteiger partial charge in [-0.15, -0.1) is 0 Å². The van der Waals surface area contributed by atoms with Gasteiger partial charge in [0.15, 0.2) is 17.5 Å². The number of hydrogen-bond acceptors (Lipinski definition) is 6. The Morgan fingerprint density at radius 2 is 1.85 bits per heavy atom. The number of carbonyl (C=O) groups is 1. The van der Waals surface area contributed by atoms with Crippen LogP contribution in [0.25, 0.3) is 0 Å². The van der Waals surface area contributed by atoms with Crippen LogP contribution in [-0.4, -0.2) is 41.9 Å². The van der Waals surface area contributed by atoms with Crippen molar-refractivity contribution in [1.82, 2.24) is 5.32 Å². The maximum Gasteiger partial charge on any atom is 0.283 e. The summed E-state index contributed by atoms with van der Waals surface area (Å²) in [4.78, 5) is 25.9. The second-order valence-electron chi connectivity index (χ2n) is 8.59. The van der Waals surface area contributed by atoms with Gasteiger partial charge in [-0.2, -0.15) is 0 Å². The fourth-order valence-electron chi connectivity index (χ4n) is 4.75. The Balaban J connectivity index is 1.74. The van der Waals surface area contributed by atoms with Gasteiger partial charge in [-0.1, -0.05) is 49.6 Å². The second-order valence-corrected chi connectivity index (χ2v) is 8.59. The van der Waals surface area contributed by atoms with E-state index < -0.39 is 11.0 Å². The number of nitrogens with one attached hydrogen (secondary N) is 2. The Morgan fingerprint density at radius 1 is 1.15 bits per heavy atom. The highest BCUT2D eigenvalue weighted by Crippen LogP contribution is 2.40. The fraction of sp³-hybridized carbons (Fsp3) is 0.458. The summed E-state index contributed by atoms with van der Waals surface area (Å²) in [5.41, 5.74) is 1.04. The molecule has 1 fully saturated rings. The number of quaternary nitrogens is 1. The van der Waals surface area contributed by atoms with E-state index in [1.807, 2.05) is 30.3 Å². The molecule has 176 valence electrons. The number of carbonyl (C=O) groups excluding carboxylic acids is 1. The second kappa shape index (κ2) is 10.6. The van der Waals surface area contributed by atoms with Crippen molar-refractivity contribution in [1.29, 1.82) is 0 Å². The van der Waals surface area contributed by atoms with E-state index in [1.165, 1.54) is 6.07 Å². The molecule has 1 aliphatic heterocycles. The van der Waals surface area contributed by atoms with Crippen LogP contribution in [0, 0.1) is 10.1 Å². The summed E-state index contributed by atoms with van der Waals surface area (Å²) in [5, 5.41) is 25.0. The third kappa shape index (κ3) is 5.43. The van der Waals surface area contributed by atoms with Gasteiger partial charge in [0.25, 0.3) is 11.6 Å². The number of benzene rings is 2. The molecule has 2 aromatic carbocycles. The molecule has 2 aliphatic rings. The van der Waals surface area contributed by atoms with Crippen molar-refractivity contribution in [2.45, 2.75) is 50.7 Å². The molecule has 9 nitrogen and oxygen atoms in total. The third-order valence-corrected chi connectivity index (χ3v) is 6.36. The monoisotopic (exact) mass is 456 g/mol. The van der Waals surface area contributed by atoms with Crippen LogP contribution in [0.3, 0.4) is 0 Å². The minimum atomic E-state index is -0.894. The molecular formula is C24H30N3O6+. The van der Waals surface area contributed by atoms with Crippen molar-refractivity contribution in [3.05, 3.63) is 63.7 Å². The van der Waals surface area contributed by atoms with Crippen LogP contribution in [0.2, 0.25) is 0 Å². The number of ether oxygens (including phenoxy) is 2. The Kier molecular flexibility index (Phi) is 7.41.